The van der Waals surface area contributed by atoms with Crippen molar-refractivity contribution in [1.82, 2.24) is 0 Å². The second kappa shape index (κ2) is 6.21. The molecule has 0 amide bonds. The van der Waals surface area contributed by atoms with Gasteiger partial charge in [-0.05, 0) is 30.9 Å². The molecule has 0 saturated heterocycles. The van der Waals surface area contributed by atoms with Crippen molar-refractivity contribution in [2.24, 2.45) is 5.73 Å². The van der Waals surface area contributed by atoms with Crippen LogP contribution >= 0.6 is 0 Å². The number of anilines is 1. The van der Waals surface area contributed by atoms with Crippen LogP contribution in [0.1, 0.15) is 37.8 Å². The second-order valence-electron chi connectivity index (χ2n) is 4.99. The van der Waals surface area contributed by atoms with Crippen LogP contribution in [0.25, 0.3) is 0 Å². The Hall–Kier alpha value is -1.06. The highest BCUT2D eigenvalue weighted by Gasteiger charge is 2.30. The molecule has 1 aliphatic rings. The molecule has 18 heavy (non-hydrogen) atoms. The average Bonchev–Trinajstić information content (AvgIpc) is 3.23. The van der Waals surface area contributed by atoms with E-state index in [0.29, 0.717) is 6.04 Å². The highest BCUT2D eigenvalue weighted by atomic mass is 16.5. The summed E-state index contributed by atoms with van der Waals surface area (Å²) in [5, 5.41) is 0. The molecule has 1 aromatic rings. The van der Waals surface area contributed by atoms with Crippen molar-refractivity contribution in [2.45, 2.75) is 38.3 Å². The highest BCUT2D eigenvalue weighted by molar-refractivity contribution is 5.56. The van der Waals surface area contributed by atoms with E-state index in [-0.39, 0.29) is 6.04 Å². The molecule has 0 aromatic heterocycles. The molecule has 1 fully saturated rings. The minimum atomic E-state index is 0.130. The molecule has 100 valence electrons. The van der Waals surface area contributed by atoms with Gasteiger partial charge >= 0.3 is 0 Å². The van der Waals surface area contributed by atoms with Crippen molar-refractivity contribution in [3.05, 3.63) is 29.8 Å². The summed E-state index contributed by atoms with van der Waals surface area (Å²) in [4.78, 5) is 2.47. The van der Waals surface area contributed by atoms with Gasteiger partial charge in [-0.1, -0.05) is 25.1 Å². The number of rotatable bonds is 7. The summed E-state index contributed by atoms with van der Waals surface area (Å²) in [5.74, 6) is 0. The molecule has 1 aliphatic carbocycles. The molecule has 0 spiro atoms. The van der Waals surface area contributed by atoms with Crippen molar-refractivity contribution < 1.29 is 4.74 Å². The predicted octanol–water partition coefficient (Wildman–Crippen LogP) is 2.71. The molecule has 2 rings (SSSR count). The lowest BCUT2D eigenvalue weighted by Gasteiger charge is -2.28. The standard InChI is InChI=1S/C15H24N2O/c1-3-14(16)13-6-4-5-7-15(13)17(10-11-18-2)12-8-9-12/h4-7,12,14H,3,8-11,16H2,1-2H3/t14-/m1/s1. The second-order valence-corrected chi connectivity index (χ2v) is 4.99. The Kier molecular flexibility index (Phi) is 4.61. The monoisotopic (exact) mass is 248 g/mol. The van der Waals surface area contributed by atoms with Crippen LogP contribution in [-0.2, 0) is 4.74 Å². The fourth-order valence-corrected chi connectivity index (χ4v) is 2.36. The van der Waals surface area contributed by atoms with Gasteiger partial charge in [0.1, 0.15) is 0 Å². The van der Waals surface area contributed by atoms with Gasteiger partial charge in [-0.25, -0.2) is 0 Å². The molecule has 0 aliphatic heterocycles. The number of benzene rings is 1. The van der Waals surface area contributed by atoms with Crippen LogP contribution in [0.5, 0.6) is 0 Å². The Morgan fingerprint density at radius 1 is 1.39 bits per heavy atom. The number of nitrogens with zero attached hydrogens (tertiary/aromatic N) is 1. The Morgan fingerprint density at radius 3 is 2.72 bits per heavy atom. The van der Waals surface area contributed by atoms with Gasteiger partial charge in [-0.15, -0.1) is 0 Å². The zero-order chi connectivity index (χ0) is 13.0. The molecule has 0 heterocycles. The molecule has 0 unspecified atom stereocenters. The van der Waals surface area contributed by atoms with E-state index in [0.717, 1.165) is 19.6 Å². The van der Waals surface area contributed by atoms with Gasteiger partial charge in [-0.3, -0.25) is 0 Å². The zero-order valence-corrected chi connectivity index (χ0v) is 11.4. The van der Waals surface area contributed by atoms with E-state index in [9.17, 15) is 0 Å². The molecule has 1 atom stereocenters. The lowest BCUT2D eigenvalue weighted by molar-refractivity contribution is 0.205. The third-order valence-electron chi connectivity index (χ3n) is 3.61. The zero-order valence-electron chi connectivity index (χ0n) is 11.4. The van der Waals surface area contributed by atoms with Crippen LogP contribution < -0.4 is 10.6 Å². The lowest BCUT2D eigenvalue weighted by Crippen LogP contribution is -2.31. The maximum absolute atomic E-state index is 6.22. The highest BCUT2D eigenvalue weighted by Crippen LogP contribution is 2.35. The normalized spacial score (nSPS) is 16.6. The van der Waals surface area contributed by atoms with Crippen LogP contribution in [-0.4, -0.2) is 26.3 Å². The van der Waals surface area contributed by atoms with E-state index in [4.69, 9.17) is 10.5 Å². The first kappa shape index (κ1) is 13.4. The Morgan fingerprint density at radius 2 is 2.11 bits per heavy atom. The quantitative estimate of drug-likeness (QED) is 0.806. The molecular weight excluding hydrogens is 224 g/mol. The maximum Gasteiger partial charge on any atom is 0.0637 e. The number of nitrogens with two attached hydrogens (primary N) is 1. The fourth-order valence-electron chi connectivity index (χ4n) is 2.36. The smallest absolute Gasteiger partial charge is 0.0637 e. The van der Waals surface area contributed by atoms with Crippen molar-refractivity contribution >= 4 is 5.69 Å². The molecular formula is C15H24N2O. The van der Waals surface area contributed by atoms with Crippen LogP contribution in [0.3, 0.4) is 0 Å². The Labute approximate surface area is 110 Å². The van der Waals surface area contributed by atoms with Gasteiger partial charge in [0, 0.05) is 31.4 Å². The van der Waals surface area contributed by atoms with Crippen LogP contribution in [0.15, 0.2) is 24.3 Å². The third-order valence-corrected chi connectivity index (χ3v) is 3.61. The van der Waals surface area contributed by atoms with E-state index in [1.807, 2.05) is 0 Å². The number of hydrogen-bond acceptors (Lipinski definition) is 3. The summed E-state index contributed by atoms with van der Waals surface area (Å²) >= 11 is 0. The molecule has 0 bridgehead atoms. The SMILES string of the molecule is CC[C@@H](N)c1ccccc1N(CCOC)C1CC1. The van der Waals surface area contributed by atoms with Crippen molar-refractivity contribution in [3.8, 4) is 0 Å². The van der Waals surface area contributed by atoms with E-state index in [2.05, 4.69) is 36.1 Å². The Balaban J connectivity index is 2.22. The van der Waals surface area contributed by atoms with Crippen LogP contribution in [0.2, 0.25) is 0 Å². The predicted molar refractivity (Wildman–Crippen MR) is 75.9 cm³/mol. The summed E-state index contributed by atoms with van der Waals surface area (Å²) in [7, 11) is 1.76. The minimum Gasteiger partial charge on any atom is -0.383 e. The van der Waals surface area contributed by atoms with Gasteiger partial charge in [0.05, 0.1) is 6.61 Å². The Bertz CT molecular complexity index is 377. The van der Waals surface area contributed by atoms with Gasteiger partial charge in [0.25, 0.3) is 0 Å². The van der Waals surface area contributed by atoms with E-state index >= 15 is 0 Å². The summed E-state index contributed by atoms with van der Waals surface area (Å²) < 4.78 is 5.23. The first-order valence-electron chi connectivity index (χ1n) is 6.88. The van der Waals surface area contributed by atoms with Crippen molar-refractivity contribution in [1.29, 1.82) is 0 Å². The summed E-state index contributed by atoms with van der Waals surface area (Å²) in [6, 6.07) is 9.35. The molecule has 2 N–H and O–H groups in total. The number of para-hydroxylation sites is 1. The van der Waals surface area contributed by atoms with Crippen molar-refractivity contribution in [2.75, 3.05) is 25.2 Å². The molecule has 0 radical (unpaired) electrons. The first-order chi connectivity index (χ1) is 8.77. The van der Waals surface area contributed by atoms with Gasteiger partial charge in [0.15, 0.2) is 0 Å². The van der Waals surface area contributed by atoms with E-state index < -0.39 is 0 Å². The minimum absolute atomic E-state index is 0.130. The lowest BCUT2D eigenvalue weighted by atomic mass is 10.0. The molecule has 3 heteroatoms. The van der Waals surface area contributed by atoms with Crippen LogP contribution in [0, 0.1) is 0 Å². The molecule has 1 aromatic carbocycles. The number of hydrogen-bond donors (Lipinski definition) is 1. The van der Waals surface area contributed by atoms with Gasteiger partial charge in [0.2, 0.25) is 0 Å². The summed E-state index contributed by atoms with van der Waals surface area (Å²) in [6.07, 6.45) is 3.55. The third kappa shape index (κ3) is 3.03. The maximum atomic E-state index is 6.22. The summed E-state index contributed by atoms with van der Waals surface area (Å²) in [5.41, 5.74) is 8.79. The van der Waals surface area contributed by atoms with Crippen LogP contribution in [0.4, 0.5) is 5.69 Å². The van der Waals surface area contributed by atoms with E-state index in [1.54, 1.807) is 7.11 Å². The van der Waals surface area contributed by atoms with E-state index in [1.165, 1.54) is 24.1 Å². The van der Waals surface area contributed by atoms with Gasteiger partial charge < -0.3 is 15.4 Å². The number of ether oxygens (including phenoxy) is 1. The first-order valence-corrected chi connectivity index (χ1v) is 6.88. The summed E-state index contributed by atoms with van der Waals surface area (Å²) in [6.45, 7) is 3.86. The topological polar surface area (TPSA) is 38.5 Å². The van der Waals surface area contributed by atoms with Crippen molar-refractivity contribution in [3.63, 3.8) is 0 Å². The molecule has 1 saturated carbocycles. The largest absolute Gasteiger partial charge is 0.383 e. The van der Waals surface area contributed by atoms with Gasteiger partial charge in [-0.2, -0.15) is 0 Å². The average molecular weight is 248 g/mol. The fraction of sp³-hybridized carbons (Fsp3) is 0.600. The number of methoxy groups -OCH3 is 1. The molecule has 3 nitrogen and oxygen atoms in total.